The van der Waals surface area contributed by atoms with Crippen LogP contribution in [0.2, 0.25) is 0 Å². The average Bonchev–Trinajstić information content (AvgIpc) is 2.38. The van der Waals surface area contributed by atoms with Crippen molar-refractivity contribution in [1.82, 2.24) is 9.97 Å². The number of nitrogen functional groups attached to an aromatic ring is 1. The lowest BCUT2D eigenvalue weighted by Crippen LogP contribution is -2.37. The molecule has 0 spiro atoms. The predicted molar refractivity (Wildman–Crippen MR) is 65.3 cm³/mol. The molecule has 0 aliphatic carbocycles. The molecule has 2 heterocycles. The van der Waals surface area contributed by atoms with Crippen LogP contribution in [0.5, 0.6) is 0 Å². The summed E-state index contributed by atoms with van der Waals surface area (Å²) in [4.78, 5) is 19.9. The maximum atomic E-state index is 11.0. The third-order valence-corrected chi connectivity index (χ3v) is 3.09. The Balaban J connectivity index is 2.31. The fraction of sp³-hybridized carbons (Fsp3) is 0.600. The number of hydrogen-bond acceptors (Lipinski definition) is 7. The van der Waals surface area contributed by atoms with Crippen molar-refractivity contribution in [3.05, 3.63) is 16.4 Å². The highest BCUT2D eigenvalue weighted by atomic mass is 16.6. The van der Waals surface area contributed by atoms with Gasteiger partial charge in [-0.1, -0.05) is 0 Å². The van der Waals surface area contributed by atoms with Gasteiger partial charge < -0.3 is 15.4 Å². The van der Waals surface area contributed by atoms with E-state index in [2.05, 4.69) is 9.97 Å². The highest BCUT2D eigenvalue weighted by Gasteiger charge is 2.28. The minimum atomic E-state index is -0.541. The molecule has 0 bridgehead atoms. The second-order valence-electron chi connectivity index (χ2n) is 4.14. The van der Waals surface area contributed by atoms with Gasteiger partial charge >= 0.3 is 5.69 Å². The van der Waals surface area contributed by atoms with Gasteiger partial charge in [-0.15, -0.1) is 0 Å². The number of nitrogens with zero attached hydrogens (tertiary/aromatic N) is 4. The van der Waals surface area contributed by atoms with Gasteiger partial charge in [0.1, 0.15) is 6.33 Å². The first kappa shape index (κ1) is 12.5. The van der Waals surface area contributed by atoms with Crippen molar-refractivity contribution in [3.8, 4) is 0 Å². The molecule has 1 fully saturated rings. The molecule has 18 heavy (non-hydrogen) atoms. The predicted octanol–water partition coefficient (Wildman–Crippen LogP) is 0.582. The molecule has 2 N–H and O–H groups in total. The highest BCUT2D eigenvalue weighted by Crippen LogP contribution is 2.31. The van der Waals surface area contributed by atoms with Crippen LogP contribution in [0.4, 0.5) is 17.3 Å². The third kappa shape index (κ3) is 2.33. The van der Waals surface area contributed by atoms with Crippen LogP contribution in [0.3, 0.4) is 0 Å². The van der Waals surface area contributed by atoms with E-state index < -0.39 is 4.92 Å². The summed E-state index contributed by atoms with van der Waals surface area (Å²) >= 11 is 0. The molecular formula is C10H15N5O3. The topological polar surface area (TPSA) is 107 Å². The van der Waals surface area contributed by atoms with Crippen molar-refractivity contribution >= 4 is 17.3 Å². The SMILES string of the molecule is CN(c1ncnc(N)c1[N+](=O)[O-])C1CCOCC1. The van der Waals surface area contributed by atoms with Gasteiger partial charge in [0.15, 0.2) is 0 Å². The molecular weight excluding hydrogens is 238 g/mol. The number of anilines is 2. The van der Waals surface area contributed by atoms with Crippen LogP contribution in [0, 0.1) is 10.1 Å². The van der Waals surface area contributed by atoms with E-state index in [-0.39, 0.29) is 23.4 Å². The minimum absolute atomic E-state index is 0.107. The van der Waals surface area contributed by atoms with E-state index in [0.717, 1.165) is 12.8 Å². The maximum absolute atomic E-state index is 11.0. The number of nitro groups is 1. The Kier molecular flexibility index (Phi) is 3.56. The van der Waals surface area contributed by atoms with Crippen molar-refractivity contribution in [1.29, 1.82) is 0 Å². The zero-order valence-electron chi connectivity index (χ0n) is 10.1. The van der Waals surface area contributed by atoms with Crippen LogP contribution >= 0.6 is 0 Å². The normalized spacial score (nSPS) is 16.5. The molecule has 0 atom stereocenters. The maximum Gasteiger partial charge on any atom is 0.353 e. The number of hydrogen-bond donors (Lipinski definition) is 1. The smallest absolute Gasteiger partial charge is 0.353 e. The lowest BCUT2D eigenvalue weighted by atomic mass is 10.1. The van der Waals surface area contributed by atoms with Crippen molar-refractivity contribution < 1.29 is 9.66 Å². The van der Waals surface area contributed by atoms with Crippen LogP contribution in [0.25, 0.3) is 0 Å². The fourth-order valence-corrected chi connectivity index (χ4v) is 2.06. The number of rotatable bonds is 3. The lowest BCUT2D eigenvalue weighted by Gasteiger charge is -2.31. The van der Waals surface area contributed by atoms with Gasteiger partial charge in [0, 0.05) is 26.3 Å². The van der Waals surface area contributed by atoms with E-state index >= 15 is 0 Å². The summed E-state index contributed by atoms with van der Waals surface area (Å²) < 4.78 is 5.27. The van der Waals surface area contributed by atoms with E-state index in [1.165, 1.54) is 6.33 Å². The van der Waals surface area contributed by atoms with Crippen LogP contribution in [-0.2, 0) is 4.74 Å². The molecule has 8 heteroatoms. The molecule has 1 aliphatic rings. The van der Waals surface area contributed by atoms with Crippen molar-refractivity contribution in [2.75, 3.05) is 30.9 Å². The molecule has 0 unspecified atom stereocenters. The Morgan fingerprint density at radius 1 is 1.50 bits per heavy atom. The highest BCUT2D eigenvalue weighted by molar-refractivity contribution is 5.68. The molecule has 1 aromatic heterocycles. The summed E-state index contributed by atoms with van der Waals surface area (Å²) in [6.07, 6.45) is 2.88. The second kappa shape index (κ2) is 5.13. The second-order valence-corrected chi connectivity index (χ2v) is 4.14. The van der Waals surface area contributed by atoms with Gasteiger partial charge in [-0.05, 0) is 12.8 Å². The quantitative estimate of drug-likeness (QED) is 0.620. The standard InChI is InChI=1S/C10H15N5O3/c1-14(7-2-4-18-5-3-7)10-8(15(16)17)9(11)12-6-13-10/h6-7H,2-5H2,1H3,(H2,11,12,13). The molecule has 98 valence electrons. The average molecular weight is 253 g/mol. The van der Waals surface area contributed by atoms with Crippen molar-refractivity contribution in [2.24, 2.45) is 0 Å². The van der Waals surface area contributed by atoms with Crippen LogP contribution in [0.15, 0.2) is 6.33 Å². The van der Waals surface area contributed by atoms with Crippen molar-refractivity contribution in [3.63, 3.8) is 0 Å². The molecule has 0 aromatic carbocycles. The molecule has 1 aliphatic heterocycles. The fourth-order valence-electron chi connectivity index (χ4n) is 2.06. The summed E-state index contributed by atoms with van der Waals surface area (Å²) in [5.74, 6) is 0.156. The van der Waals surface area contributed by atoms with E-state index in [4.69, 9.17) is 10.5 Å². The summed E-state index contributed by atoms with van der Waals surface area (Å²) in [5.41, 5.74) is 5.32. The zero-order valence-corrected chi connectivity index (χ0v) is 10.1. The van der Waals surface area contributed by atoms with Gasteiger partial charge in [0.05, 0.1) is 4.92 Å². The molecule has 1 aromatic rings. The van der Waals surface area contributed by atoms with Crippen molar-refractivity contribution in [2.45, 2.75) is 18.9 Å². The Morgan fingerprint density at radius 3 is 2.78 bits per heavy atom. The molecule has 0 saturated carbocycles. The number of nitrogens with two attached hydrogens (primary N) is 1. The molecule has 0 amide bonds. The number of ether oxygens (including phenoxy) is 1. The minimum Gasteiger partial charge on any atom is -0.381 e. The van der Waals surface area contributed by atoms with E-state index in [1.54, 1.807) is 11.9 Å². The Morgan fingerprint density at radius 2 is 2.17 bits per heavy atom. The molecule has 2 rings (SSSR count). The molecule has 8 nitrogen and oxygen atoms in total. The largest absolute Gasteiger partial charge is 0.381 e. The van der Waals surface area contributed by atoms with Crippen LogP contribution in [-0.4, -0.2) is 41.2 Å². The van der Waals surface area contributed by atoms with Gasteiger partial charge in [0.2, 0.25) is 11.6 Å². The summed E-state index contributed by atoms with van der Waals surface area (Å²) in [6, 6.07) is 0.173. The first-order chi connectivity index (χ1) is 8.61. The van der Waals surface area contributed by atoms with Gasteiger partial charge in [-0.25, -0.2) is 9.97 Å². The lowest BCUT2D eigenvalue weighted by molar-refractivity contribution is -0.383. The van der Waals surface area contributed by atoms with E-state index in [1.807, 2.05) is 0 Å². The summed E-state index contributed by atoms with van der Waals surface area (Å²) in [5, 5.41) is 11.0. The summed E-state index contributed by atoms with van der Waals surface area (Å²) in [7, 11) is 1.78. The zero-order chi connectivity index (χ0) is 13.1. The van der Waals surface area contributed by atoms with Crippen LogP contribution in [0.1, 0.15) is 12.8 Å². The number of aromatic nitrogens is 2. The van der Waals surface area contributed by atoms with Gasteiger partial charge in [-0.2, -0.15) is 0 Å². The van der Waals surface area contributed by atoms with Crippen LogP contribution < -0.4 is 10.6 Å². The first-order valence-corrected chi connectivity index (χ1v) is 5.66. The van der Waals surface area contributed by atoms with E-state index in [0.29, 0.717) is 13.2 Å². The Hall–Kier alpha value is -1.96. The molecule has 0 radical (unpaired) electrons. The van der Waals surface area contributed by atoms with Gasteiger partial charge in [0.25, 0.3) is 0 Å². The third-order valence-electron chi connectivity index (χ3n) is 3.09. The molecule has 1 saturated heterocycles. The summed E-state index contributed by atoms with van der Waals surface area (Å²) in [6.45, 7) is 1.31. The monoisotopic (exact) mass is 253 g/mol. The Bertz CT molecular complexity index is 447. The van der Waals surface area contributed by atoms with Gasteiger partial charge in [-0.3, -0.25) is 10.1 Å². The Labute approximate surface area is 104 Å². The van der Waals surface area contributed by atoms with E-state index in [9.17, 15) is 10.1 Å². The first-order valence-electron chi connectivity index (χ1n) is 5.66.